The Kier molecular flexibility index (Phi) is 5.14. The first-order chi connectivity index (χ1) is 4.95. The fourth-order valence-electron chi connectivity index (χ4n) is 0.635. The molecular formula is C7H18O2PSi+. The van der Waals surface area contributed by atoms with Crippen molar-refractivity contribution in [2.45, 2.75) is 32.6 Å². The smallest absolute Gasteiger partial charge is 0.147 e. The number of hydrogen-bond donors (Lipinski definition) is 0. The Morgan fingerprint density at radius 3 is 2.27 bits per heavy atom. The van der Waals surface area contributed by atoms with Crippen molar-refractivity contribution in [3.05, 3.63) is 0 Å². The van der Waals surface area contributed by atoms with Crippen LogP contribution in [0.1, 0.15) is 6.92 Å². The van der Waals surface area contributed by atoms with Crippen LogP contribution in [0.25, 0.3) is 0 Å². The van der Waals surface area contributed by atoms with E-state index in [0.29, 0.717) is 6.61 Å². The van der Waals surface area contributed by atoms with E-state index < -0.39 is 16.1 Å². The summed E-state index contributed by atoms with van der Waals surface area (Å²) in [6.07, 6.45) is 0.749. The fourth-order valence-corrected chi connectivity index (χ4v) is 4.47. The molecule has 0 aromatic carbocycles. The molecule has 0 radical (unpaired) electrons. The van der Waals surface area contributed by atoms with Crippen molar-refractivity contribution in [2.24, 2.45) is 0 Å². The maximum Gasteiger partial charge on any atom is 0.507 e. The average Bonchev–Trinajstić information content (AvgIpc) is 1.83. The minimum absolute atomic E-state index is 0.570. The summed E-state index contributed by atoms with van der Waals surface area (Å²) < 4.78 is 16.0. The predicted octanol–water partition coefficient (Wildman–Crippen LogP) is 3.10. The first-order valence-electron chi connectivity index (χ1n) is 4.03. The lowest BCUT2D eigenvalue weighted by atomic mass is 10.9. The van der Waals surface area contributed by atoms with Crippen LogP contribution >= 0.6 is 8.03 Å². The molecule has 0 saturated heterocycles. The van der Waals surface area contributed by atoms with Crippen LogP contribution in [0.5, 0.6) is 0 Å². The van der Waals surface area contributed by atoms with Gasteiger partial charge in [0.15, 0.2) is 6.16 Å². The third-order valence-electron chi connectivity index (χ3n) is 1.32. The Balaban J connectivity index is 3.46. The van der Waals surface area contributed by atoms with Gasteiger partial charge in [0.25, 0.3) is 0 Å². The number of hydrogen-bond acceptors (Lipinski definition) is 2. The Hall–Kier alpha value is 0.277. The highest BCUT2D eigenvalue weighted by molar-refractivity contribution is 7.39. The van der Waals surface area contributed by atoms with E-state index >= 15 is 0 Å². The Bertz CT molecular complexity index is 131. The van der Waals surface area contributed by atoms with E-state index in [0.717, 1.165) is 12.2 Å². The van der Waals surface area contributed by atoms with Crippen molar-refractivity contribution in [2.75, 3.05) is 12.8 Å². The van der Waals surface area contributed by atoms with E-state index in [1.807, 2.05) is 6.92 Å². The van der Waals surface area contributed by atoms with Crippen LogP contribution in [-0.2, 0) is 9.09 Å². The lowest BCUT2D eigenvalue weighted by Crippen LogP contribution is -2.19. The minimum Gasteiger partial charge on any atom is -0.147 e. The summed E-state index contributed by atoms with van der Waals surface area (Å²) in [5.74, 6) is 0. The first kappa shape index (κ1) is 11.3. The molecule has 0 fully saturated rings. The lowest BCUT2D eigenvalue weighted by molar-refractivity contribution is 0.351. The zero-order valence-electron chi connectivity index (χ0n) is 7.89. The number of rotatable bonds is 5. The molecule has 0 aromatic heterocycles. The SMILES string of the molecule is CCO[P+](=O)CC[Si](C)(C)C. The van der Waals surface area contributed by atoms with Gasteiger partial charge in [-0.3, -0.25) is 0 Å². The third-order valence-corrected chi connectivity index (χ3v) is 4.62. The zero-order valence-corrected chi connectivity index (χ0v) is 9.78. The highest BCUT2D eigenvalue weighted by atomic mass is 31.1. The second kappa shape index (κ2) is 5.02. The highest BCUT2D eigenvalue weighted by Gasteiger charge is 2.22. The van der Waals surface area contributed by atoms with Gasteiger partial charge in [0, 0.05) is 8.07 Å². The van der Waals surface area contributed by atoms with Crippen LogP contribution in [0.3, 0.4) is 0 Å². The topological polar surface area (TPSA) is 26.3 Å². The zero-order chi connectivity index (χ0) is 8.91. The molecule has 1 unspecified atom stereocenters. The molecule has 2 nitrogen and oxygen atoms in total. The second-order valence-electron chi connectivity index (χ2n) is 3.78. The molecule has 0 bridgehead atoms. The molecule has 0 aliphatic rings. The van der Waals surface area contributed by atoms with Gasteiger partial charge >= 0.3 is 8.03 Å². The first-order valence-corrected chi connectivity index (χ1v) is 9.10. The molecule has 0 aliphatic carbocycles. The normalized spacial score (nSPS) is 13.3. The maximum absolute atomic E-state index is 11.0. The van der Waals surface area contributed by atoms with Crippen molar-refractivity contribution in [3.8, 4) is 0 Å². The highest BCUT2D eigenvalue weighted by Crippen LogP contribution is 2.25. The Morgan fingerprint density at radius 1 is 1.36 bits per heavy atom. The molecule has 0 aliphatic heterocycles. The van der Waals surface area contributed by atoms with E-state index in [1.165, 1.54) is 0 Å². The Morgan fingerprint density at radius 2 is 1.91 bits per heavy atom. The van der Waals surface area contributed by atoms with E-state index in [1.54, 1.807) is 0 Å². The maximum atomic E-state index is 11.0. The lowest BCUT2D eigenvalue weighted by Gasteiger charge is -2.10. The van der Waals surface area contributed by atoms with Crippen molar-refractivity contribution >= 4 is 16.1 Å². The van der Waals surface area contributed by atoms with Crippen molar-refractivity contribution in [1.29, 1.82) is 0 Å². The van der Waals surface area contributed by atoms with Gasteiger partial charge in [-0.2, -0.15) is 0 Å². The predicted molar refractivity (Wildman–Crippen MR) is 52.3 cm³/mol. The van der Waals surface area contributed by atoms with Gasteiger partial charge in [-0.25, -0.2) is 0 Å². The molecule has 0 saturated carbocycles. The summed E-state index contributed by atoms with van der Waals surface area (Å²) in [6, 6.07) is 1.10. The van der Waals surface area contributed by atoms with Crippen molar-refractivity contribution in [1.82, 2.24) is 0 Å². The van der Waals surface area contributed by atoms with Gasteiger partial charge in [0.05, 0.1) is 6.61 Å². The van der Waals surface area contributed by atoms with Gasteiger partial charge in [-0.15, -0.1) is 4.52 Å². The quantitative estimate of drug-likeness (QED) is 0.495. The molecule has 1 atom stereocenters. The summed E-state index contributed by atoms with van der Waals surface area (Å²) in [5, 5.41) is 0. The van der Waals surface area contributed by atoms with Gasteiger partial charge in [0.2, 0.25) is 0 Å². The molecule has 4 heteroatoms. The van der Waals surface area contributed by atoms with E-state index in [2.05, 4.69) is 19.6 Å². The minimum atomic E-state index is -1.36. The van der Waals surface area contributed by atoms with Gasteiger partial charge < -0.3 is 0 Å². The van der Waals surface area contributed by atoms with Gasteiger partial charge in [0.1, 0.15) is 0 Å². The summed E-state index contributed by atoms with van der Waals surface area (Å²) in [6.45, 7) is 9.29. The molecular weight excluding hydrogens is 175 g/mol. The molecule has 0 N–H and O–H groups in total. The summed E-state index contributed by atoms with van der Waals surface area (Å²) in [5.41, 5.74) is 0. The molecule has 0 aromatic rings. The van der Waals surface area contributed by atoms with Crippen molar-refractivity contribution < 1.29 is 9.09 Å². The monoisotopic (exact) mass is 193 g/mol. The summed E-state index contributed by atoms with van der Waals surface area (Å²) >= 11 is 0. The van der Waals surface area contributed by atoms with Crippen LogP contribution < -0.4 is 0 Å². The Labute approximate surface area is 71.2 Å². The van der Waals surface area contributed by atoms with Crippen LogP contribution in [0.15, 0.2) is 0 Å². The summed E-state index contributed by atoms with van der Waals surface area (Å²) in [4.78, 5) is 0. The van der Waals surface area contributed by atoms with Crippen LogP contribution in [0.4, 0.5) is 0 Å². The largest absolute Gasteiger partial charge is 0.507 e. The molecule has 0 rings (SSSR count). The van der Waals surface area contributed by atoms with E-state index in [-0.39, 0.29) is 0 Å². The van der Waals surface area contributed by atoms with E-state index in [9.17, 15) is 4.57 Å². The molecule has 0 amide bonds. The molecule has 0 heterocycles. The third kappa shape index (κ3) is 8.18. The van der Waals surface area contributed by atoms with E-state index in [4.69, 9.17) is 4.52 Å². The average molecular weight is 193 g/mol. The van der Waals surface area contributed by atoms with Gasteiger partial charge in [-0.1, -0.05) is 19.6 Å². The van der Waals surface area contributed by atoms with Gasteiger partial charge in [-0.05, 0) is 17.5 Å². The molecule has 66 valence electrons. The van der Waals surface area contributed by atoms with Crippen LogP contribution in [0.2, 0.25) is 25.7 Å². The molecule has 11 heavy (non-hydrogen) atoms. The van der Waals surface area contributed by atoms with Crippen molar-refractivity contribution in [3.63, 3.8) is 0 Å². The standard InChI is InChI=1S/C7H18O2PSi/c1-5-9-10(8)6-7-11(2,3)4/h5-7H2,1-4H3/q+1. The van der Waals surface area contributed by atoms with Crippen LogP contribution in [0, 0.1) is 0 Å². The molecule has 0 spiro atoms. The second-order valence-corrected chi connectivity index (χ2v) is 10.8. The fraction of sp³-hybridized carbons (Fsp3) is 1.00. The van der Waals surface area contributed by atoms with Crippen LogP contribution in [-0.4, -0.2) is 20.8 Å². The summed E-state index contributed by atoms with van der Waals surface area (Å²) in [7, 11) is -2.37.